The van der Waals surface area contributed by atoms with Gasteiger partial charge in [0, 0.05) is 29.3 Å². The Labute approximate surface area is 554 Å². The first kappa shape index (κ1) is 73.4. The first-order valence-corrected chi connectivity index (χ1v) is 42.0. The van der Waals surface area contributed by atoms with Gasteiger partial charge in [-0.25, -0.2) is 9.97 Å². The van der Waals surface area contributed by atoms with Crippen LogP contribution >= 0.6 is 68.0 Å². The van der Waals surface area contributed by atoms with Crippen molar-refractivity contribution >= 4 is 77.7 Å². The van der Waals surface area contributed by atoms with Gasteiger partial charge in [0.25, 0.3) is 0 Å². The second-order valence-corrected chi connectivity index (χ2v) is 33.1. The molecular formula is C78H126N2S6. The number of aromatic nitrogens is 2. The molecule has 6 rings (SSSR count). The van der Waals surface area contributed by atoms with E-state index in [-0.39, 0.29) is 0 Å². The van der Waals surface area contributed by atoms with E-state index in [4.69, 9.17) is 9.97 Å². The summed E-state index contributed by atoms with van der Waals surface area (Å²) in [5.74, 6) is 0. The minimum Gasteiger partial charge on any atom is -0.222 e. The molecule has 0 radical (unpaired) electrons. The van der Waals surface area contributed by atoms with Gasteiger partial charge in [0.05, 0.1) is 9.75 Å². The average molecular weight is 1280 g/mol. The summed E-state index contributed by atoms with van der Waals surface area (Å²) in [5, 5.41) is 2.40. The van der Waals surface area contributed by atoms with Crippen LogP contribution in [0.5, 0.6) is 0 Å². The van der Waals surface area contributed by atoms with E-state index in [0.29, 0.717) is 0 Å². The van der Waals surface area contributed by atoms with E-state index in [1.165, 1.54) is 381 Å². The summed E-state index contributed by atoms with van der Waals surface area (Å²) >= 11 is 11.9. The lowest BCUT2D eigenvalue weighted by Crippen LogP contribution is -1.88. The number of hydrogen-bond donors (Lipinski definition) is 0. The van der Waals surface area contributed by atoms with Crippen LogP contribution in [0.15, 0.2) is 24.3 Å². The second kappa shape index (κ2) is 46.4. The lowest BCUT2D eigenvalue weighted by Gasteiger charge is -2.04. The van der Waals surface area contributed by atoms with E-state index in [2.05, 4.69) is 65.8 Å². The summed E-state index contributed by atoms with van der Waals surface area (Å²) in [6, 6.07) is 10.3. The Morgan fingerprint density at radius 2 is 0.442 bits per heavy atom. The first-order chi connectivity index (χ1) is 42.4. The molecule has 6 aromatic heterocycles. The molecule has 8 heteroatoms. The van der Waals surface area contributed by atoms with Crippen LogP contribution in [0, 0.1) is 13.8 Å². The maximum atomic E-state index is 5.57. The fourth-order valence-electron chi connectivity index (χ4n) is 13.2. The Morgan fingerprint density at radius 1 is 0.233 bits per heavy atom. The number of rotatable bonds is 56. The number of unbranched alkanes of at least 4 members (excludes halogenated alkanes) is 44. The smallest absolute Gasteiger partial charge is 0.155 e. The van der Waals surface area contributed by atoms with Crippen LogP contribution in [0.1, 0.15) is 368 Å². The average Bonchev–Trinajstić information content (AvgIpc) is 3.30. The molecule has 0 aliphatic heterocycles. The van der Waals surface area contributed by atoms with Crippen molar-refractivity contribution in [1.82, 2.24) is 9.97 Å². The number of thiazole rings is 2. The third-order valence-corrected chi connectivity index (χ3v) is 25.7. The maximum Gasteiger partial charge on any atom is 0.155 e. The van der Waals surface area contributed by atoms with Gasteiger partial charge in [0.2, 0.25) is 0 Å². The monoisotopic (exact) mass is 1280 g/mol. The molecule has 0 amide bonds. The summed E-state index contributed by atoms with van der Waals surface area (Å²) in [7, 11) is 0. The summed E-state index contributed by atoms with van der Waals surface area (Å²) in [6.07, 6.45) is 71.8. The van der Waals surface area contributed by atoms with Crippen molar-refractivity contribution in [2.45, 2.75) is 375 Å². The van der Waals surface area contributed by atoms with Crippen molar-refractivity contribution in [2.24, 2.45) is 0 Å². The van der Waals surface area contributed by atoms with Gasteiger partial charge >= 0.3 is 0 Å². The Hall–Kier alpha value is -1.68. The zero-order valence-corrected chi connectivity index (χ0v) is 61.3. The molecule has 0 aliphatic rings. The Morgan fingerprint density at radius 3 is 0.674 bits per heavy atom. The van der Waals surface area contributed by atoms with Crippen molar-refractivity contribution in [3.8, 4) is 39.3 Å². The predicted molar refractivity (Wildman–Crippen MR) is 397 cm³/mol. The largest absolute Gasteiger partial charge is 0.222 e. The van der Waals surface area contributed by atoms with Gasteiger partial charge in [-0.15, -0.1) is 45.3 Å². The summed E-state index contributed by atoms with van der Waals surface area (Å²) in [5.41, 5.74) is 6.22. The van der Waals surface area contributed by atoms with Gasteiger partial charge < -0.3 is 0 Å². The van der Waals surface area contributed by atoms with Gasteiger partial charge in [-0.2, -0.15) is 0 Å². The minimum absolute atomic E-state index is 1.14. The lowest BCUT2D eigenvalue weighted by molar-refractivity contribution is 0.544. The molecule has 2 nitrogen and oxygen atoms in total. The Kier molecular flexibility index (Phi) is 39.6. The van der Waals surface area contributed by atoms with E-state index in [1.807, 2.05) is 68.0 Å². The van der Waals surface area contributed by atoms with E-state index >= 15 is 0 Å². The van der Waals surface area contributed by atoms with E-state index in [9.17, 15) is 0 Å². The number of aryl methyl sites for hydroxylation is 6. The molecule has 6 aromatic rings. The van der Waals surface area contributed by atoms with Crippen LogP contribution < -0.4 is 0 Å². The van der Waals surface area contributed by atoms with Crippen LogP contribution in [0.25, 0.3) is 48.9 Å². The van der Waals surface area contributed by atoms with Crippen molar-refractivity contribution in [3.05, 3.63) is 56.3 Å². The molecule has 0 saturated heterocycles. The molecule has 86 heavy (non-hydrogen) atoms. The fraction of sp³-hybridized carbons (Fsp3) is 0.744. The van der Waals surface area contributed by atoms with E-state index in [1.54, 1.807) is 11.1 Å². The number of fused-ring (bicyclic) bond motifs is 1. The van der Waals surface area contributed by atoms with Gasteiger partial charge in [-0.3, -0.25) is 0 Å². The van der Waals surface area contributed by atoms with Crippen LogP contribution in [-0.4, -0.2) is 9.97 Å². The first-order valence-electron chi connectivity index (χ1n) is 37.1. The summed E-state index contributed by atoms with van der Waals surface area (Å²) < 4.78 is 0. The molecule has 0 aliphatic carbocycles. The lowest BCUT2D eigenvalue weighted by atomic mass is 10.0. The highest BCUT2D eigenvalue weighted by atomic mass is 32.1. The maximum absolute atomic E-state index is 5.57. The fourth-order valence-corrected chi connectivity index (χ4v) is 20.3. The second-order valence-electron chi connectivity index (χ2n) is 26.6. The molecule has 0 bridgehead atoms. The van der Waals surface area contributed by atoms with Crippen molar-refractivity contribution in [2.75, 3.05) is 0 Å². The van der Waals surface area contributed by atoms with Crippen molar-refractivity contribution in [3.63, 3.8) is 0 Å². The highest BCUT2D eigenvalue weighted by molar-refractivity contribution is 7.33. The molecule has 0 fully saturated rings. The van der Waals surface area contributed by atoms with E-state index < -0.39 is 0 Å². The molecule has 0 aromatic carbocycles. The molecule has 0 spiro atoms. The molecule has 6 heterocycles. The predicted octanol–water partition coefficient (Wildman–Crippen LogP) is 30.3. The quantitative estimate of drug-likeness (QED) is 0.0356. The molecule has 0 saturated carbocycles. The summed E-state index contributed by atoms with van der Waals surface area (Å²) in [4.78, 5) is 25.2. The van der Waals surface area contributed by atoms with Crippen LogP contribution in [0.2, 0.25) is 0 Å². The van der Waals surface area contributed by atoms with Crippen molar-refractivity contribution in [1.29, 1.82) is 0 Å². The highest BCUT2D eigenvalue weighted by Crippen LogP contribution is 2.49. The minimum atomic E-state index is 1.14. The number of hydrogen-bond acceptors (Lipinski definition) is 8. The van der Waals surface area contributed by atoms with Crippen molar-refractivity contribution < 1.29 is 0 Å². The molecule has 0 atom stereocenters. The summed E-state index contributed by atoms with van der Waals surface area (Å²) in [6.45, 7) is 14.0. The van der Waals surface area contributed by atoms with Gasteiger partial charge in [-0.05, 0) is 112 Å². The number of thiophene rings is 4. The van der Waals surface area contributed by atoms with Crippen LogP contribution in [0.4, 0.5) is 0 Å². The Bertz CT molecular complexity index is 2390. The third-order valence-electron chi connectivity index (χ3n) is 18.5. The molecule has 0 unspecified atom stereocenters. The molecular weight excluding hydrogens is 1160 g/mol. The highest BCUT2D eigenvalue weighted by Gasteiger charge is 2.24. The zero-order valence-electron chi connectivity index (χ0n) is 56.4. The SMILES string of the molecule is CCCCCCCCCCCCCCc1cc(C)sc1-c1cc(CCCCCCCCCCCCCC)c(-c2nc3sc(-c4sc(-c5sc(C)cc5CCCCCCCCCCCCCC)cc4CCCCCCCCCCCCCC)nc3s2)s1. The topological polar surface area (TPSA) is 25.8 Å². The molecule has 0 N–H and O–H groups in total. The van der Waals surface area contributed by atoms with E-state index in [0.717, 1.165) is 22.5 Å². The Balaban J connectivity index is 1.13. The van der Waals surface area contributed by atoms with Gasteiger partial charge in [0.15, 0.2) is 9.66 Å². The molecule has 484 valence electrons. The zero-order chi connectivity index (χ0) is 60.5. The normalized spacial score (nSPS) is 11.9. The van der Waals surface area contributed by atoms with Crippen LogP contribution in [-0.2, 0) is 25.7 Å². The van der Waals surface area contributed by atoms with Gasteiger partial charge in [-0.1, -0.05) is 333 Å². The number of nitrogens with zero attached hydrogens (tertiary/aromatic N) is 2. The standard InChI is InChI=1S/C78H126N2S6/c1-7-11-15-19-23-27-31-35-39-43-47-51-55-65-59-63(5)81-71(65)69-61-67(57-53-49-45-41-37-33-29-25-21-17-13-9-3)73(83-69)75-79-77-78(85-75)80-76(86-77)74-68(58-54-50-46-42-38-34-30-26-22-18-14-10-4)62-70(84-74)72-66(60-64(6)82-72)56-52-48-44-40-36-32-28-24-20-16-12-8-2/h59-62H,7-58H2,1-6H3. The third kappa shape index (κ3) is 28.5. The van der Waals surface area contributed by atoms with Crippen LogP contribution in [0.3, 0.4) is 0 Å². The van der Waals surface area contributed by atoms with Gasteiger partial charge in [0.1, 0.15) is 10.0 Å².